The Morgan fingerprint density at radius 1 is 0.833 bits per heavy atom. The summed E-state index contributed by atoms with van der Waals surface area (Å²) in [4.78, 5) is 77.4. The van der Waals surface area contributed by atoms with Crippen molar-refractivity contribution in [3.63, 3.8) is 0 Å². The molecular weight excluding hydrogens is 408 g/mol. The first-order valence-electron chi connectivity index (χ1n) is 7.70. The first-order chi connectivity index (χ1) is 14.2. The lowest BCUT2D eigenvalue weighted by Gasteiger charge is -1.90. The molecular formula is C16H6N4O10. The zero-order valence-electron chi connectivity index (χ0n) is 14.4. The Bertz CT molecular complexity index is 1470. The smallest absolute Gasteiger partial charge is 0.301 e. The lowest BCUT2D eigenvalue weighted by Crippen LogP contribution is -2.25. The van der Waals surface area contributed by atoms with Crippen LogP contribution in [-0.4, -0.2) is 25.9 Å². The van der Waals surface area contributed by atoms with E-state index < -0.39 is 45.6 Å². The van der Waals surface area contributed by atoms with E-state index in [2.05, 4.69) is 21.5 Å². The van der Waals surface area contributed by atoms with Crippen LogP contribution in [0, 0.1) is 44.2 Å². The Morgan fingerprint density at radius 3 is 1.87 bits per heavy atom. The number of hydrogen-bond donors (Lipinski definition) is 0. The molecule has 0 amide bonds. The predicted molar refractivity (Wildman–Crippen MR) is 96.9 cm³/mol. The summed E-state index contributed by atoms with van der Waals surface area (Å²) >= 11 is 0. The SMILES string of the molecule is O=c1c2cc3c(=O)n(CC#CCO[N+](=O)[O-])c(=O)c3cc2c(=O)n1C#CO[N+](=O)[O-]. The summed E-state index contributed by atoms with van der Waals surface area (Å²) in [6.45, 7) is -0.944. The second-order valence-corrected chi connectivity index (χ2v) is 5.46. The van der Waals surface area contributed by atoms with E-state index in [4.69, 9.17) is 0 Å². The van der Waals surface area contributed by atoms with Crippen molar-refractivity contribution in [3.05, 3.63) is 73.8 Å². The molecule has 0 aliphatic heterocycles. The van der Waals surface area contributed by atoms with Gasteiger partial charge < -0.3 is 4.84 Å². The molecule has 2 heterocycles. The summed E-state index contributed by atoms with van der Waals surface area (Å²) in [5, 5.41) is 17.1. The van der Waals surface area contributed by atoms with Gasteiger partial charge in [0.05, 0.1) is 34.1 Å². The zero-order chi connectivity index (χ0) is 22.0. The number of nitrogens with zero attached hydrogens (tertiary/aromatic N) is 4. The van der Waals surface area contributed by atoms with Gasteiger partial charge >= 0.3 is 5.09 Å². The van der Waals surface area contributed by atoms with Crippen LogP contribution in [0.4, 0.5) is 0 Å². The number of rotatable bonds is 4. The van der Waals surface area contributed by atoms with Crippen LogP contribution in [0.1, 0.15) is 0 Å². The van der Waals surface area contributed by atoms with Crippen molar-refractivity contribution in [2.24, 2.45) is 0 Å². The molecule has 0 aliphatic carbocycles. The third kappa shape index (κ3) is 3.43. The summed E-state index contributed by atoms with van der Waals surface area (Å²) in [6, 6.07) is 3.97. The molecule has 150 valence electrons. The first-order valence-corrected chi connectivity index (χ1v) is 7.70. The van der Waals surface area contributed by atoms with Crippen LogP contribution in [0.3, 0.4) is 0 Å². The summed E-state index contributed by atoms with van der Waals surface area (Å²) in [7, 11) is 0. The fourth-order valence-electron chi connectivity index (χ4n) is 2.64. The Hall–Kier alpha value is -4.98. The standard InChI is InChI=1S/C16H6N4O10/c21-13-9-7-11-12(16(24)18(15(11)23)4-6-30-20(27)28)8-10(9)14(22)17(13)3-1-2-5-29-19(25)26/h7-8H,3,5H2. The molecule has 0 N–H and O–H groups in total. The van der Waals surface area contributed by atoms with Crippen LogP contribution >= 0.6 is 0 Å². The third-order valence-electron chi connectivity index (χ3n) is 3.86. The van der Waals surface area contributed by atoms with E-state index in [9.17, 15) is 39.4 Å². The molecule has 0 atom stereocenters. The molecule has 0 unspecified atom stereocenters. The van der Waals surface area contributed by atoms with Crippen molar-refractivity contribution in [3.8, 4) is 24.0 Å². The lowest BCUT2D eigenvalue weighted by molar-refractivity contribution is -0.754. The van der Waals surface area contributed by atoms with Crippen LogP contribution < -0.4 is 22.2 Å². The largest absolute Gasteiger partial charge is 0.308 e. The van der Waals surface area contributed by atoms with Gasteiger partial charge in [0.25, 0.3) is 27.3 Å². The average molecular weight is 414 g/mol. The third-order valence-corrected chi connectivity index (χ3v) is 3.86. The van der Waals surface area contributed by atoms with Gasteiger partial charge in [-0.25, -0.2) is 4.84 Å². The molecule has 14 heteroatoms. The lowest BCUT2D eigenvalue weighted by atomic mass is 10.1. The topological polar surface area (TPSA) is 183 Å². The monoisotopic (exact) mass is 414 g/mol. The van der Waals surface area contributed by atoms with Gasteiger partial charge in [0.1, 0.15) is 6.11 Å². The Labute approximate surface area is 162 Å². The van der Waals surface area contributed by atoms with Crippen molar-refractivity contribution in [1.29, 1.82) is 0 Å². The molecule has 0 saturated heterocycles. The van der Waals surface area contributed by atoms with Gasteiger partial charge in [0.2, 0.25) is 0 Å². The van der Waals surface area contributed by atoms with Gasteiger partial charge in [-0.2, -0.15) is 4.57 Å². The highest BCUT2D eigenvalue weighted by atomic mass is 17.0. The molecule has 0 aliphatic rings. The van der Waals surface area contributed by atoms with Crippen molar-refractivity contribution in [2.45, 2.75) is 6.54 Å². The first kappa shape index (κ1) is 19.8. The molecule has 30 heavy (non-hydrogen) atoms. The molecule has 0 fully saturated rings. The molecule has 14 nitrogen and oxygen atoms in total. The fourth-order valence-corrected chi connectivity index (χ4v) is 2.64. The van der Waals surface area contributed by atoms with E-state index in [0.29, 0.717) is 4.57 Å². The summed E-state index contributed by atoms with van der Waals surface area (Å²) in [5.74, 6) is 4.62. The Morgan fingerprint density at radius 2 is 1.37 bits per heavy atom. The minimum absolute atomic E-state index is 0.153. The van der Waals surface area contributed by atoms with E-state index in [1.165, 1.54) is 0 Å². The van der Waals surface area contributed by atoms with E-state index in [0.717, 1.165) is 16.7 Å². The van der Waals surface area contributed by atoms with Gasteiger partial charge in [0.15, 0.2) is 6.61 Å². The molecule has 3 rings (SSSR count). The maximum Gasteiger partial charge on any atom is 0.308 e. The van der Waals surface area contributed by atoms with Crippen LogP contribution in [0.2, 0.25) is 0 Å². The highest BCUT2D eigenvalue weighted by molar-refractivity contribution is 5.98. The van der Waals surface area contributed by atoms with E-state index in [1.54, 1.807) is 6.11 Å². The van der Waals surface area contributed by atoms with Crippen molar-refractivity contribution in [2.75, 3.05) is 6.61 Å². The predicted octanol–water partition coefficient (Wildman–Crippen LogP) is -1.90. The van der Waals surface area contributed by atoms with Gasteiger partial charge in [-0.05, 0) is 12.1 Å². The molecule has 0 saturated carbocycles. The zero-order valence-corrected chi connectivity index (χ0v) is 14.4. The normalized spacial score (nSPS) is 10.1. The van der Waals surface area contributed by atoms with Crippen LogP contribution in [0.15, 0.2) is 31.3 Å². The highest BCUT2D eigenvalue weighted by Gasteiger charge is 2.18. The minimum Gasteiger partial charge on any atom is -0.301 e. The van der Waals surface area contributed by atoms with E-state index >= 15 is 0 Å². The van der Waals surface area contributed by atoms with Crippen molar-refractivity contribution < 1.29 is 19.8 Å². The van der Waals surface area contributed by atoms with E-state index in [-0.39, 0.29) is 21.5 Å². The van der Waals surface area contributed by atoms with Gasteiger partial charge in [-0.15, -0.1) is 20.2 Å². The van der Waals surface area contributed by atoms with Crippen LogP contribution in [-0.2, 0) is 16.2 Å². The summed E-state index contributed by atoms with van der Waals surface area (Å²) < 4.78 is 1.09. The van der Waals surface area contributed by atoms with E-state index in [1.807, 2.05) is 6.04 Å². The average Bonchev–Trinajstić information content (AvgIpc) is 3.06. The molecule has 3 aromatic rings. The summed E-state index contributed by atoms with van der Waals surface area (Å²) in [6.07, 6.45) is 1.57. The highest BCUT2D eigenvalue weighted by Crippen LogP contribution is 2.14. The number of aromatic nitrogens is 2. The molecule has 1 aromatic carbocycles. The molecule has 0 bridgehead atoms. The van der Waals surface area contributed by atoms with Gasteiger partial charge in [-0.3, -0.25) is 23.7 Å². The molecule has 0 spiro atoms. The maximum absolute atomic E-state index is 12.5. The minimum atomic E-state index is -1.24. The van der Waals surface area contributed by atoms with Crippen molar-refractivity contribution >= 4 is 21.5 Å². The van der Waals surface area contributed by atoms with Gasteiger partial charge in [-0.1, -0.05) is 11.8 Å². The molecule has 0 radical (unpaired) electrons. The quantitative estimate of drug-likeness (QED) is 0.265. The number of hydrogen-bond acceptors (Lipinski definition) is 10. The van der Waals surface area contributed by atoms with Crippen LogP contribution in [0.25, 0.3) is 21.5 Å². The fraction of sp³-hybridized carbons (Fsp3) is 0.125. The van der Waals surface area contributed by atoms with Crippen LogP contribution in [0.5, 0.6) is 0 Å². The Balaban J connectivity index is 2.09. The second kappa shape index (κ2) is 7.56. The van der Waals surface area contributed by atoms with Crippen molar-refractivity contribution in [1.82, 2.24) is 9.13 Å². The molecule has 2 aromatic heterocycles. The number of fused-ring (bicyclic) bond motifs is 2. The summed E-state index contributed by atoms with van der Waals surface area (Å²) in [5.41, 5.74) is -3.48. The second-order valence-electron chi connectivity index (χ2n) is 5.46. The Kier molecular flexibility index (Phi) is 4.99. The van der Waals surface area contributed by atoms with Gasteiger partial charge in [0, 0.05) is 0 Å². The number of benzene rings is 1. The maximum atomic E-state index is 12.5.